The second kappa shape index (κ2) is 6.39. The molecule has 20 heavy (non-hydrogen) atoms. The summed E-state index contributed by atoms with van der Waals surface area (Å²) < 4.78 is 0. The quantitative estimate of drug-likeness (QED) is 0.834. The molecular weight excluding hydrogens is 250 g/mol. The van der Waals surface area contributed by atoms with E-state index in [0.29, 0.717) is 18.5 Å². The van der Waals surface area contributed by atoms with Crippen LogP contribution in [0.1, 0.15) is 11.1 Å². The molecular formula is C16H15N3O. The Hall–Kier alpha value is -2.80. The van der Waals surface area contributed by atoms with Crippen LogP contribution in [0.25, 0.3) is 0 Å². The summed E-state index contributed by atoms with van der Waals surface area (Å²) in [6, 6.07) is 16.6. The van der Waals surface area contributed by atoms with Gasteiger partial charge in [0.05, 0.1) is 18.9 Å². The smallest absolute Gasteiger partial charge is 0.228 e. The summed E-state index contributed by atoms with van der Waals surface area (Å²) in [6.07, 6.45) is 0.680. The van der Waals surface area contributed by atoms with Crippen molar-refractivity contribution >= 4 is 17.3 Å². The lowest BCUT2D eigenvalue weighted by molar-refractivity contribution is -0.115. The first kappa shape index (κ1) is 13.6. The zero-order valence-corrected chi connectivity index (χ0v) is 11.0. The number of anilines is 2. The van der Waals surface area contributed by atoms with Crippen molar-refractivity contribution in [2.45, 2.75) is 12.8 Å². The summed E-state index contributed by atoms with van der Waals surface area (Å²) in [5.74, 6) is -0.0807. The Morgan fingerprint density at radius 2 is 1.65 bits per heavy atom. The number of nitriles is 1. The van der Waals surface area contributed by atoms with E-state index in [-0.39, 0.29) is 5.91 Å². The third kappa shape index (κ3) is 3.85. The SMILES string of the molecule is N#CCc1ccc(NC(=O)Cc2ccc(N)cc2)cc1. The molecule has 3 N–H and O–H groups in total. The van der Waals surface area contributed by atoms with Gasteiger partial charge in [0.25, 0.3) is 0 Å². The molecule has 0 aliphatic rings. The van der Waals surface area contributed by atoms with Crippen molar-refractivity contribution in [3.63, 3.8) is 0 Å². The average Bonchev–Trinajstić information content (AvgIpc) is 2.44. The van der Waals surface area contributed by atoms with Crippen molar-refractivity contribution in [3.8, 4) is 6.07 Å². The molecule has 0 fully saturated rings. The number of carbonyl (C=O) groups excluding carboxylic acids is 1. The van der Waals surface area contributed by atoms with Gasteiger partial charge < -0.3 is 11.1 Å². The second-order valence-electron chi connectivity index (χ2n) is 4.50. The molecule has 0 saturated heterocycles. The molecule has 100 valence electrons. The minimum absolute atomic E-state index is 0.0807. The molecule has 0 aromatic heterocycles. The van der Waals surface area contributed by atoms with Gasteiger partial charge in [-0.3, -0.25) is 4.79 Å². The Balaban J connectivity index is 1.94. The van der Waals surface area contributed by atoms with Crippen LogP contribution in [0.4, 0.5) is 11.4 Å². The monoisotopic (exact) mass is 265 g/mol. The van der Waals surface area contributed by atoms with Gasteiger partial charge >= 0.3 is 0 Å². The molecule has 0 unspecified atom stereocenters. The topological polar surface area (TPSA) is 78.9 Å². The number of nitrogen functional groups attached to an aromatic ring is 1. The maximum atomic E-state index is 11.9. The number of hydrogen-bond donors (Lipinski definition) is 2. The number of amides is 1. The van der Waals surface area contributed by atoms with Crippen LogP contribution in [0.15, 0.2) is 48.5 Å². The molecule has 0 atom stereocenters. The molecule has 2 aromatic carbocycles. The van der Waals surface area contributed by atoms with Crippen molar-refractivity contribution < 1.29 is 4.79 Å². The fraction of sp³-hybridized carbons (Fsp3) is 0.125. The summed E-state index contributed by atoms with van der Waals surface area (Å²) in [4.78, 5) is 11.9. The van der Waals surface area contributed by atoms with Gasteiger partial charge in [-0.15, -0.1) is 0 Å². The molecule has 0 spiro atoms. The van der Waals surface area contributed by atoms with E-state index < -0.39 is 0 Å². The van der Waals surface area contributed by atoms with E-state index in [2.05, 4.69) is 11.4 Å². The van der Waals surface area contributed by atoms with E-state index in [1.807, 2.05) is 24.3 Å². The number of nitrogens with one attached hydrogen (secondary N) is 1. The highest BCUT2D eigenvalue weighted by atomic mass is 16.1. The minimum atomic E-state index is -0.0807. The third-order valence-electron chi connectivity index (χ3n) is 2.87. The molecule has 2 aromatic rings. The van der Waals surface area contributed by atoms with Crippen LogP contribution in [0.3, 0.4) is 0 Å². The van der Waals surface area contributed by atoms with Crippen LogP contribution in [0.2, 0.25) is 0 Å². The van der Waals surface area contributed by atoms with E-state index in [1.54, 1.807) is 24.3 Å². The van der Waals surface area contributed by atoms with Gasteiger partial charge in [-0.25, -0.2) is 0 Å². The second-order valence-corrected chi connectivity index (χ2v) is 4.50. The van der Waals surface area contributed by atoms with Crippen LogP contribution in [0.5, 0.6) is 0 Å². The van der Waals surface area contributed by atoms with Gasteiger partial charge in [-0.05, 0) is 35.4 Å². The predicted octanol–water partition coefficient (Wildman–Crippen LogP) is 2.52. The number of carbonyl (C=O) groups is 1. The highest BCUT2D eigenvalue weighted by molar-refractivity contribution is 5.92. The van der Waals surface area contributed by atoms with E-state index in [0.717, 1.165) is 16.8 Å². The van der Waals surface area contributed by atoms with E-state index in [9.17, 15) is 4.79 Å². The van der Waals surface area contributed by atoms with Gasteiger partial charge in [-0.1, -0.05) is 24.3 Å². The Labute approximate surface area is 117 Å². The fourth-order valence-electron chi connectivity index (χ4n) is 1.82. The molecule has 4 heteroatoms. The summed E-state index contributed by atoms with van der Waals surface area (Å²) >= 11 is 0. The maximum absolute atomic E-state index is 11.9. The highest BCUT2D eigenvalue weighted by Gasteiger charge is 2.04. The van der Waals surface area contributed by atoms with Gasteiger partial charge in [-0.2, -0.15) is 5.26 Å². The lowest BCUT2D eigenvalue weighted by atomic mass is 10.1. The number of hydrogen-bond acceptors (Lipinski definition) is 3. The normalized spacial score (nSPS) is 9.75. The maximum Gasteiger partial charge on any atom is 0.228 e. The summed E-state index contributed by atoms with van der Waals surface area (Å²) in [5.41, 5.74) is 8.86. The Bertz CT molecular complexity index is 624. The van der Waals surface area contributed by atoms with Gasteiger partial charge in [0.15, 0.2) is 0 Å². The fourth-order valence-corrected chi connectivity index (χ4v) is 1.82. The van der Waals surface area contributed by atoms with E-state index >= 15 is 0 Å². The van der Waals surface area contributed by atoms with Crippen LogP contribution in [-0.2, 0) is 17.6 Å². The summed E-state index contributed by atoms with van der Waals surface area (Å²) in [5, 5.41) is 11.4. The molecule has 0 heterocycles. The summed E-state index contributed by atoms with van der Waals surface area (Å²) in [7, 11) is 0. The number of nitrogens with two attached hydrogens (primary N) is 1. The molecule has 0 aliphatic heterocycles. The Kier molecular flexibility index (Phi) is 4.35. The lowest BCUT2D eigenvalue weighted by Gasteiger charge is -2.06. The van der Waals surface area contributed by atoms with E-state index in [4.69, 9.17) is 11.0 Å². The van der Waals surface area contributed by atoms with Crippen molar-refractivity contribution in [3.05, 3.63) is 59.7 Å². The average molecular weight is 265 g/mol. The number of benzene rings is 2. The van der Waals surface area contributed by atoms with Crippen molar-refractivity contribution in [1.82, 2.24) is 0 Å². The van der Waals surface area contributed by atoms with E-state index in [1.165, 1.54) is 0 Å². The third-order valence-corrected chi connectivity index (χ3v) is 2.87. The number of nitrogens with zero attached hydrogens (tertiary/aromatic N) is 1. The molecule has 1 amide bonds. The first-order valence-corrected chi connectivity index (χ1v) is 6.27. The Morgan fingerprint density at radius 3 is 2.25 bits per heavy atom. The zero-order valence-electron chi connectivity index (χ0n) is 11.0. The standard InChI is InChI=1S/C16H15N3O/c17-10-9-12-3-7-15(8-4-12)19-16(20)11-13-1-5-14(18)6-2-13/h1-8H,9,11,18H2,(H,19,20). The van der Waals surface area contributed by atoms with Crippen molar-refractivity contribution in [2.75, 3.05) is 11.1 Å². The molecule has 0 saturated carbocycles. The molecule has 0 bridgehead atoms. The number of rotatable bonds is 4. The molecule has 0 aliphatic carbocycles. The van der Waals surface area contributed by atoms with Crippen LogP contribution >= 0.6 is 0 Å². The Morgan fingerprint density at radius 1 is 1.05 bits per heavy atom. The molecule has 4 nitrogen and oxygen atoms in total. The summed E-state index contributed by atoms with van der Waals surface area (Å²) in [6.45, 7) is 0. The lowest BCUT2D eigenvalue weighted by Crippen LogP contribution is -2.14. The highest BCUT2D eigenvalue weighted by Crippen LogP contribution is 2.11. The first-order chi connectivity index (χ1) is 9.67. The largest absolute Gasteiger partial charge is 0.399 e. The van der Waals surface area contributed by atoms with Crippen LogP contribution in [0, 0.1) is 11.3 Å². The van der Waals surface area contributed by atoms with Crippen molar-refractivity contribution in [1.29, 1.82) is 5.26 Å². The van der Waals surface area contributed by atoms with Crippen LogP contribution in [-0.4, -0.2) is 5.91 Å². The minimum Gasteiger partial charge on any atom is -0.399 e. The van der Waals surface area contributed by atoms with Gasteiger partial charge in [0, 0.05) is 11.4 Å². The van der Waals surface area contributed by atoms with Gasteiger partial charge in [0.1, 0.15) is 0 Å². The molecule has 0 radical (unpaired) electrons. The first-order valence-electron chi connectivity index (χ1n) is 6.27. The molecule has 2 rings (SSSR count). The van der Waals surface area contributed by atoms with Gasteiger partial charge in [0.2, 0.25) is 5.91 Å². The predicted molar refractivity (Wildman–Crippen MR) is 78.9 cm³/mol. The van der Waals surface area contributed by atoms with Crippen molar-refractivity contribution in [2.24, 2.45) is 0 Å². The zero-order chi connectivity index (χ0) is 14.4. The van der Waals surface area contributed by atoms with Crippen LogP contribution < -0.4 is 11.1 Å².